The number of nitrogens with zero attached hydrogens (tertiary/aromatic N) is 3. The standard InChI is InChI=1S/C28H34F3N5O5/c1-17-26(36(19-7-5-4-6-8-19)34-27(17)41-16-20(37)15-40-3)33-28(38)32-24-14-35(9-10-39-2)13-21(24)18-11-22(29)25(31)23(30)12-18/h4-8,11-12,20-21,24,37H,9-10,13-16H2,1-3H3,(H2,32,33,38)/t20-,21?,24?/m0/s1. The summed E-state index contributed by atoms with van der Waals surface area (Å²) in [7, 11) is 3.03. The van der Waals surface area contributed by atoms with Gasteiger partial charge >= 0.3 is 6.03 Å². The van der Waals surface area contributed by atoms with Crippen LogP contribution in [0.1, 0.15) is 17.0 Å². The smallest absolute Gasteiger partial charge is 0.320 e. The number of benzene rings is 2. The van der Waals surface area contributed by atoms with Crippen LogP contribution in [0.15, 0.2) is 42.5 Å². The number of hydrogen-bond acceptors (Lipinski definition) is 7. The summed E-state index contributed by atoms with van der Waals surface area (Å²) in [6, 6.07) is 9.88. The molecule has 2 unspecified atom stereocenters. The van der Waals surface area contributed by atoms with Crippen molar-refractivity contribution in [2.45, 2.75) is 25.0 Å². The van der Waals surface area contributed by atoms with Crippen LogP contribution in [0.5, 0.6) is 5.88 Å². The fourth-order valence-electron chi connectivity index (χ4n) is 4.80. The van der Waals surface area contributed by atoms with E-state index in [2.05, 4.69) is 15.7 Å². The normalized spacial score (nSPS) is 17.9. The maximum atomic E-state index is 14.1. The van der Waals surface area contributed by atoms with Crippen LogP contribution in [0.3, 0.4) is 0 Å². The van der Waals surface area contributed by atoms with Gasteiger partial charge in [-0.3, -0.25) is 10.2 Å². The lowest BCUT2D eigenvalue weighted by Crippen LogP contribution is -2.42. The fourth-order valence-corrected chi connectivity index (χ4v) is 4.80. The molecule has 0 aliphatic carbocycles. The average molecular weight is 578 g/mol. The Labute approximate surface area is 236 Å². The Hall–Kier alpha value is -3.65. The number of anilines is 1. The number of aliphatic hydroxyl groups excluding tert-OH is 1. The first-order valence-corrected chi connectivity index (χ1v) is 13.1. The van der Waals surface area contributed by atoms with Crippen LogP contribution in [0.4, 0.5) is 23.8 Å². The van der Waals surface area contributed by atoms with Crippen molar-refractivity contribution in [2.24, 2.45) is 0 Å². The van der Waals surface area contributed by atoms with Gasteiger partial charge in [0.25, 0.3) is 0 Å². The highest BCUT2D eigenvalue weighted by atomic mass is 19.2. The van der Waals surface area contributed by atoms with Crippen LogP contribution >= 0.6 is 0 Å². The van der Waals surface area contributed by atoms with Crippen molar-refractivity contribution in [3.63, 3.8) is 0 Å². The van der Waals surface area contributed by atoms with Gasteiger partial charge in [0.1, 0.15) is 18.5 Å². The zero-order chi connectivity index (χ0) is 29.5. The number of hydrogen-bond donors (Lipinski definition) is 3. The molecule has 10 nitrogen and oxygen atoms in total. The summed E-state index contributed by atoms with van der Waals surface area (Å²) >= 11 is 0. The van der Waals surface area contributed by atoms with E-state index in [0.29, 0.717) is 43.3 Å². The van der Waals surface area contributed by atoms with Gasteiger partial charge in [0.2, 0.25) is 5.88 Å². The monoisotopic (exact) mass is 577 g/mol. The van der Waals surface area contributed by atoms with Crippen molar-refractivity contribution < 1.29 is 37.3 Å². The number of amides is 2. The number of urea groups is 1. The molecule has 1 saturated heterocycles. The molecule has 2 amide bonds. The summed E-state index contributed by atoms with van der Waals surface area (Å²) in [5.74, 6) is -4.09. The van der Waals surface area contributed by atoms with E-state index in [1.807, 2.05) is 23.1 Å². The predicted octanol–water partition coefficient (Wildman–Crippen LogP) is 3.22. The Balaban J connectivity index is 1.57. The van der Waals surface area contributed by atoms with E-state index < -0.39 is 41.5 Å². The summed E-state index contributed by atoms with van der Waals surface area (Å²) in [6.45, 7) is 3.45. The summed E-state index contributed by atoms with van der Waals surface area (Å²) < 4.78 is 59.1. The van der Waals surface area contributed by atoms with Crippen molar-refractivity contribution in [2.75, 3.05) is 59.0 Å². The van der Waals surface area contributed by atoms with Crippen LogP contribution in [0, 0.1) is 24.4 Å². The van der Waals surface area contributed by atoms with E-state index in [1.165, 1.54) is 11.8 Å². The second-order valence-corrected chi connectivity index (χ2v) is 9.81. The summed E-state index contributed by atoms with van der Waals surface area (Å²) in [4.78, 5) is 15.3. The first kappa shape index (κ1) is 30.3. The molecule has 1 aliphatic heterocycles. The zero-order valence-corrected chi connectivity index (χ0v) is 23.1. The highest BCUT2D eigenvalue weighted by Gasteiger charge is 2.36. The molecule has 3 aromatic rings. The third-order valence-electron chi connectivity index (χ3n) is 6.84. The maximum absolute atomic E-state index is 14.1. The molecule has 41 heavy (non-hydrogen) atoms. The highest BCUT2D eigenvalue weighted by molar-refractivity contribution is 5.90. The quantitative estimate of drug-likeness (QED) is 0.284. The number of methoxy groups -OCH3 is 2. The molecule has 3 atom stereocenters. The third kappa shape index (κ3) is 7.36. The number of carbonyl (C=O) groups excluding carboxylic acids is 1. The molecule has 4 rings (SSSR count). The van der Waals surface area contributed by atoms with Crippen LogP contribution in [-0.4, -0.2) is 91.6 Å². The number of aromatic nitrogens is 2. The predicted molar refractivity (Wildman–Crippen MR) is 145 cm³/mol. The number of carbonyl (C=O) groups is 1. The Bertz CT molecular complexity index is 1300. The lowest BCUT2D eigenvalue weighted by atomic mass is 9.94. The number of likely N-dealkylation sites (tertiary alicyclic amines) is 1. The van der Waals surface area contributed by atoms with Gasteiger partial charge in [-0.25, -0.2) is 22.6 Å². The molecule has 0 spiro atoms. The molecule has 0 radical (unpaired) electrons. The summed E-state index contributed by atoms with van der Waals surface area (Å²) in [5, 5.41) is 20.2. The first-order valence-electron chi connectivity index (χ1n) is 13.1. The third-order valence-corrected chi connectivity index (χ3v) is 6.84. The molecule has 13 heteroatoms. The van der Waals surface area contributed by atoms with Gasteiger partial charge < -0.3 is 24.6 Å². The van der Waals surface area contributed by atoms with Gasteiger partial charge in [0.05, 0.1) is 30.5 Å². The highest BCUT2D eigenvalue weighted by Crippen LogP contribution is 2.31. The first-order chi connectivity index (χ1) is 19.7. The largest absolute Gasteiger partial charge is 0.474 e. The lowest BCUT2D eigenvalue weighted by molar-refractivity contribution is 0.0311. The molecule has 222 valence electrons. The topological polar surface area (TPSA) is 110 Å². The second kappa shape index (κ2) is 13.8. The van der Waals surface area contributed by atoms with Crippen molar-refractivity contribution in [3.8, 4) is 11.6 Å². The second-order valence-electron chi connectivity index (χ2n) is 9.81. The minimum Gasteiger partial charge on any atom is -0.474 e. The van der Waals surface area contributed by atoms with Crippen LogP contribution in [0.2, 0.25) is 0 Å². The fraction of sp³-hybridized carbons (Fsp3) is 0.429. The minimum absolute atomic E-state index is 0.0715. The SMILES string of the molecule is COCCN1CC(NC(=O)Nc2c(C)c(OC[C@@H](O)COC)nn2-c2ccccc2)C(c2cc(F)c(F)c(F)c2)C1. The molecule has 1 aliphatic rings. The van der Waals surface area contributed by atoms with E-state index in [9.17, 15) is 23.1 Å². The summed E-state index contributed by atoms with van der Waals surface area (Å²) in [5.41, 5.74) is 1.41. The molecule has 1 fully saturated rings. The van der Waals surface area contributed by atoms with Gasteiger partial charge in [-0.05, 0) is 36.8 Å². The van der Waals surface area contributed by atoms with Crippen molar-refractivity contribution in [1.82, 2.24) is 20.0 Å². The number of halogens is 3. The van der Waals surface area contributed by atoms with Gasteiger partial charge in [-0.1, -0.05) is 18.2 Å². The molecule has 0 bridgehead atoms. The van der Waals surface area contributed by atoms with Gasteiger partial charge in [0.15, 0.2) is 17.5 Å². The van der Waals surface area contributed by atoms with Crippen molar-refractivity contribution in [3.05, 3.63) is 71.0 Å². The van der Waals surface area contributed by atoms with Crippen LogP contribution < -0.4 is 15.4 Å². The molecule has 2 aromatic carbocycles. The lowest BCUT2D eigenvalue weighted by Gasteiger charge is -2.21. The average Bonchev–Trinajstić information content (AvgIpc) is 3.49. The number of nitrogens with one attached hydrogen (secondary N) is 2. The molecule has 0 saturated carbocycles. The molecular formula is C28H34F3N5O5. The van der Waals surface area contributed by atoms with Crippen molar-refractivity contribution >= 4 is 11.8 Å². The Kier molecular flexibility index (Phi) is 10.2. The van der Waals surface area contributed by atoms with Crippen molar-refractivity contribution in [1.29, 1.82) is 0 Å². The number of rotatable bonds is 12. The Morgan fingerprint density at radius 3 is 2.46 bits per heavy atom. The van der Waals surface area contributed by atoms with Crippen LogP contribution in [0.25, 0.3) is 5.69 Å². The zero-order valence-electron chi connectivity index (χ0n) is 23.1. The molecule has 1 aromatic heterocycles. The van der Waals surface area contributed by atoms with E-state index in [1.54, 1.807) is 26.2 Å². The number of ether oxygens (including phenoxy) is 3. The van der Waals surface area contributed by atoms with E-state index >= 15 is 0 Å². The maximum Gasteiger partial charge on any atom is 0.320 e. The number of aliphatic hydroxyl groups is 1. The van der Waals surface area contributed by atoms with E-state index in [0.717, 1.165) is 12.1 Å². The van der Waals surface area contributed by atoms with Gasteiger partial charge in [-0.15, -0.1) is 5.10 Å². The number of para-hydroxylation sites is 1. The van der Waals surface area contributed by atoms with E-state index in [4.69, 9.17) is 14.2 Å². The Morgan fingerprint density at radius 2 is 1.80 bits per heavy atom. The minimum atomic E-state index is -1.54. The van der Waals surface area contributed by atoms with Gasteiger partial charge in [0, 0.05) is 39.8 Å². The molecule has 3 N–H and O–H groups in total. The molecule has 2 heterocycles. The van der Waals surface area contributed by atoms with E-state index in [-0.39, 0.29) is 24.7 Å². The van der Waals surface area contributed by atoms with Gasteiger partial charge in [-0.2, -0.15) is 0 Å². The summed E-state index contributed by atoms with van der Waals surface area (Å²) in [6.07, 6.45) is -0.873. The van der Waals surface area contributed by atoms with Crippen LogP contribution in [-0.2, 0) is 9.47 Å². The molecular weight excluding hydrogens is 543 g/mol. The Morgan fingerprint density at radius 1 is 1.10 bits per heavy atom.